The van der Waals surface area contributed by atoms with Gasteiger partial charge in [-0.25, -0.2) is 0 Å². The van der Waals surface area contributed by atoms with Gasteiger partial charge in [0.1, 0.15) is 5.02 Å². The van der Waals surface area contributed by atoms with Crippen LogP contribution in [-0.2, 0) is 6.54 Å². The van der Waals surface area contributed by atoms with Gasteiger partial charge < -0.3 is 4.57 Å². The van der Waals surface area contributed by atoms with Gasteiger partial charge in [-0.15, -0.1) is 0 Å². The minimum Gasteiger partial charge on any atom is -0.302 e. The normalized spacial score (nSPS) is 11.0. The molecule has 0 atom stereocenters. The molecule has 0 saturated heterocycles. The van der Waals surface area contributed by atoms with Gasteiger partial charge in [0.05, 0.1) is 17.1 Å². The molecule has 0 amide bonds. The van der Waals surface area contributed by atoms with Crippen LogP contribution in [0.3, 0.4) is 0 Å². The highest BCUT2D eigenvalue weighted by molar-refractivity contribution is 6.45. The lowest BCUT2D eigenvalue weighted by molar-refractivity contribution is 0.795. The van der Waals surface area contributed by atoms with Gasteiger partial charge in [0.15, 0.2) is 0 Å². The molecule has 0 fully saturated rings. The van der Waals surface area contributed by atoms with Crippen LogP contribution in [0.5, 0.6) is 0 Å². The van der Waals surface area contributed by atoms with E-state index < -0.39 is 0 Å². The maximum atomic E-state index is 12.4. The Morgan fingerprint density at radius 1 is 0.952 bits per heavy atom. The molecule has 4 heteroatoms. The molecule has 0 aliphatic rings. The third-order valence-electron chi connectivity index (χ3n) is 3.52. The number of hydrogen-bond donors (Lipinski definition) is 0. The number of fused-ring (bicyclic) bond motifs is 1. The van der Waals surface area contributed by atoms with Gasteiger partial charge in [0, 0.05) is 5.39 Å². The standard InChI is InChI=1S/C17H13Cl2NO/c1-11-6-8-12(9-7-11)10-20-14-5-3-2-4-13(14)15(18)16(19)17(20)21/h2-9H,10H2,1H3. The second-order valence-corrected chi connectivity index (χ2v) is 5.78. The number of nitrogens with zero attached hydrogens (tertiary/aromatic N) is 1. The second-order valence-electron chi connectivity index (χ2n) is 5.02. The first-order valence-electron chi connectivity index (χ1n) is 6.60. The van der Waals surface area contributed by atoms with Crippen molar-refractivity contribution in [3.05, 3.63) is 80.1 Å². The molecule has 0 aliphatic carbocycles. The van der Waals surface area contributed by atoms with E-state index in [1.54, 1.807) is 4.57 Å². The lowest BCUT2D eigenvalue weighted by Gasteiger charge is -2.13. The van der Waals surface area contributed by atoms with Crippen molar-refractivity contribution in [2.75, 3.05) is 0 Å². The summed E-state index contributed by atoms with van der Waals surface area (Å²) in [6.45, 7) is 2.50. The molecule has 21 heavy (non-hydrogen) atoms. The Bertz CT molecular complexity index is 866. The summed E-state index contributed by atoms with van der Waals surface area (Å²) >= 11 is 12.3. The maximum Gasteiger partial charge on any atom is 0.271 e. The van der Waals surface area contributed by atoms with E-state index in [-0.39, 0.29) is 10.6 Å². The molecule has 3 rings (SSSR count). The van der Waals surface area contributed by atoms with Crippen LogP contribution in [0.25, 0.3) is 10.9 Å². The summed E-state index contributed by atoms with van der Waals surface area (Å²) in [7, 11) is 0. The van der Waals surface area contributed by atoms with Crippen molar-refractivity contribution in [1.29, 1.82) is 0 Å². The van der Waals surface area contributed by atoms with Gasteiger partial charge >= 0.3 is 0 Å². The third-order valence-corrected chi connectivity index (χ3v) is 4.36. The van der Waals surface area contributed by atoms with Crippen molar-refractivity contribution >= 4 is 34.1 Å². The Kier molecular flexibility index (Phi) is 3.75. The van der Waals surface area contributed by atoms with Crippen molar-refractivity contribution in [3.8, 4) is 0 Å². The van der Waals surface area contributed by atoms with E-state index in [1.165, 1.54) is 5.56 Å². The van der Waals surface area contributed by atoms with Crippen LogP contribution in [0.2, 0.25) is 10.0 Å². The number of benzene rings is 2. The number of aryl methyl sites for hydroxylation is 1. The molecule has 2 aromatic carbocycles. The number of para-hydroxylation sites is 1. The average Bonchev–Trinajstić information content (AvgIpc) is 2.51. The fraction of sp³-hybridized carbons (Fsp3) is 0.118. The molecule has 0 bridgehead atoms. The number of hydrogen-bond acceptors (Lipinski definition) is 1. The molecule has 2 nitrogen and oxygen atoms in total. The first-order valence-corrected chi connectivity index (χ1v) is 7.35. The van der Waals surface area contributed by atoms with Gasteiger partial charge in [-0.2, -0.15) is 0 Å². The molecular formula is C17H13Cl2NO. The zero-order valence-electron chi connectivity index (χ0n) is 11.4. The SMILES string of the molecule is Cc1ccc(Cn2c(=O)c(Cl)c(Cl)c3ccccc32)cc1. The van der Waals surface area contributed by atoms with Crippen molar-refractivity contribution in [3.63, 3.8) is 0 Å². The zero-order chi connectivity index (χ0) is 15.0. The monoisotopic (exact) mass is 317 g/mol. The first kappa shape index (κ1) is 14.2. The number of halogens is 2. The smallest absolute Gasteiger partial charge is 0.271 e. The number of aromatic nitrogens is 1. The molecule has 0 N–H and O–H groups in total. The molecule has 0 unspecified atom stereocenters. The molecule has 1 heterocycles. The van der Waals surface area contributed by atoms with Gasteiger partial charge in [-0.05, 0) is 18.6 Å². The highest BCUT2D eigenvalue weighted by Gasteiger charge is 2.13. The van der Waals surface area contributed by atoms with Crippen LogP contribution in [0, 0.1) is 6.92 Å². The van der Waals surface area contributed by atoms with E-state index in [0.717, 1.165) is 16.5 Å². The number of pyridine rings is 1. The molecule has 106 valence electrons. The second kappa shape index (κ2) is 5.55. The van der Waals surface area contributed by atoms with Crippen molar-refractivity contribution < 1.29 is 0 Å². The van der Waals surface area contributed by atoms with Gasteiger partial charge in [0.25, 0.3) is 5.56 Å². The number of rotatable bonds is 2. The highest BCUT2D eigenvalue weighted by atomic mass is 35.5. The Balaban J connectivity index is 2.22. The summed E-state index contributed by atoms with van der Waals surface area (Å²) < 4.78 is 1.66. The lowest BCUT2D eigenvalue weighted by Crippen LogP contribution is -2.22. The van der Waals surface area contributed by atoms with Crippen LogP contribution < -0.4 is 5.56 Å². The summed E-state index contributed by atoms with van der Waals surface area (Å²) in [6, 6.07) is 15.6. The molecule has 0 radical (unpaired) electrons. The van der Waals surface area contributed by atoms with E-state index >= 15 is 0 Å². The summed E-state index contributed by atoms with van der Waals surface area (Å²) in [4.78, 5) is 12.4. The average molecular weight is 318 g/mol. The minimum atomic E-state index is -0.263. The fourth-order valence-electron chi connectivity index (χ4n) is 2.37. The topological polar surface area (TPSA) is 22.0 Å². The summed E-state index contributed by atoms with van der Waals surface area (Å²) in [5.74, 6) is 0. The Labute approximate surface area is 132 Å². The Hall–Kier alpha value is -1.77. The van der Waals surface area contributed by atoms with E-state index in [0.29, 0.717) is 11.6 Å². The summed E-state index contributed by atoms with van der Waals surface area (Å²) in [5.41, 5.74) is 2.76. The molecule has 1 aromatic heterocycles. The van der Waals surface area contributed by atoms with E-state index in [4.69, 9.17) is 23.2 Å². The molecule has 0 spiro atoms. The minimum absolute atomic E-state index is 0.0717. The van der Waals surface area contributed by atoms with Crippen molar-refractivity contribution in [2.24, 2.45) is 0 Å². The van der Waals surface area contributed by atoms with Gasteiger partial charge in [-0.3, -0.25) is 4.79 Å². The van der Waals surface area contributed by atoms with Crippen molar-refractivity contribution in [1.82, 2.24) is 4.57 Å². The Morgan fingerprint density at radius 3 is 2.33 bits per heavy atom. The van der Waals surface area contributed by atoms with E-state index in [9.17, 15) is 4.79 Å². The van der Waals surface area contributed by atoms with Gasteiger partial charge in [-0.1, -0.05) is 71.2 Å². The van der Waals surface area contributed by atoms with Crippen LogP contribution in [0.4, 0.5) is 0 Å². The quantitative estimate of drug-likeness (QED) is 0.673. The summed E-state index contributed by atoms with van der Waals surface area (Å²) in [5, 5.41) is 1.18. The third kappa shape index (κ3) is 2.57. The molecular weight excluding hydrogens is 305 g/mol. The fourth-order valence-corrected chi connectivity index (χ4v) is 2.81. The molecule has 0 aliphatic heterocycles. The van der Waals surface area contributed by atoms with Crippen LogP contribution in [0.1, 0.15) is 11.1 Å². The zero-order valence-corrected chi connectivity index (χ0v) is 12.9. The van der Waals surface area contributed by atoms with Crippen LogP contribution >= 0.6 is 23.2 Å². The van der Waals surface area contributed by atoms with Crippen LogP contribution in [0.15, 0.2) is 53.3 Å². The van der Waals surface area contributed by atoms with Crippen LogP contribution in [-0.4, -0.2) is 4.57 Å². The van der Waals surface area contributed by atoms with Crippen molar-refractivity contribution in [2.45, 2.75) is 13.5 Å². The summed E-state index contributed by atoms with van der Waals surface area (Å²) in [6.07, 6.45) is 0. The molecule has 3 aromatic rings. The highest BCUT2D eigenvalue weighted by Crippen LogP contribution is 2.28. The lowest BCUT2D eigenvalue weighted by atomic mass is 10.1. The predicted octanol–water partition coefficient (Wildman–Crippen LogP) is 4.67. The first-order chi connectivity index (χ1) is 10.1. The van der Waals surface area contributed by atoms with E-state index in [2.05, 4.69) is 0 Å². The van der Waals surface area contributed by atoms with Gasteiger partial charge in [0.2, 0.25) is 0 Å². The predicted molar refractivity (Wildman–Crippen MR) is 88.5 cm³/mol. The van der Waals surface area contributed by atoms with E-state index in [1.807, 2.05) is 55.5 Å². The maximum absolute atomic E-state index is 12.4. The molecule has 0 saturated carbocycles. The Morgan fingerprint density at radius 2 is 1.62 bits per heavy atom. The largest absolute Gasteiger partial charge is 0.302 e.